The molecule has 4 heteroatoms. The average molecular weight is 236 g/mol. The molecule has 0 fully saturated rings. The minimum atomic E-state index is 0.738. The van der Waals surface area contributed by atoms with E-state index in [4.69, 9.17) is 0 Å². The van der Waals surface area contributed by atoms with Crippen LogP contribution in [0.2, 0.25) is 0 Å². The van der Waals surface area contributed by atoms with Gasteiger partial charge in [-0.2, -0.15) is 0 Å². The van der Waals surface area contributed by atoms with E-state index >= 15 is 0 Å². The molecule has 18 heavy (non-hydrogen) atoms. The van der Waals surface area contributed by atoms with Crippen molar-refractivity contribution in [3.05, 3.63) is 48.8 Å². The van der Waals surface area contributed by atoms with Crippen molar-refractivity contribution >= 4 is 16.7 Å². The SMILES string of the molecule is CNc1cncc(-c2ccc3ccccc3n2)n1. The molecule has 0 aliphatic carbocycles. The zero-order chi connectivity index (χ0) is 12.4. The van der Waals surface area contributed by atoms with E-state index in [9.17, 15) is 0 Å². The third-order valence-electron chi connectivity index (χ3n) is 2.75. The second-order valence-electron chi connectivity index (χ2n) is 3.93. The highest BCUT2D eigenvalue weighted by molar-refractivity contribution is 5.80. The highest BCUT2D eigenvalue weighted by Crippen LogP contribution is 2.19. The molecule has 2 heterocycles. The molecule has 0 bridgehead atoms. The first-order chi connectivity index (χ1) is 8.86. The summed E-state index contributed by atoms with van der Waals surface area (Å²) in [6, 6.07) is 12.0. The summed E-state index contributed by atoms with van der Waals surface area (Å²) < 4.78 is 0. The maximum absolute atomic E-state index is 4.59. The standard InChI is InChI=1S/C14H12N4/c1-15-14-9-16-8-13(18-14)12-7-6-10-4-2-3-5-11(10)17-12/h2-9H,1H3,(H,15,18). The minimum absolute atomic E-state index is 0.738. The molecule has 1 aromatic carbocycles. The van der Waals surface area contributed by atoms with Gasteiger partial charge in [-0.25, -0.2) is 9.97 Å². The Labute approximate surface area is 105 Å². The fourth-order valence-corrected chi connectivity index (χ4v) is 1.82. The van der Waals surface area contributed by atoms with Gasteiger partial charge >= 0.3 is 0 Å². The van der Waals surface area contributed by atoms with Gasteiger partial charge in [0.05, 0.1) is 23.6 Å². The second kappa shape index (κ2) is 4.41. The lowest BCUT2D eigenvalue weighted by Gasteiger charge is -2.04. The maximum atomic E-state index is 4.59. The Bertz CT molecular complexity index is 694. The van der Waals surface area contributed by atoms with Crippen molar-refractivity contribution in [2.24, 2.45) is 0 Å². The maximum Gasteiger partial charge on any atom is 0.145 e. The number of hydrogen-bond acceptors (Lipinski definition) is 4. The van der Waals surface area contributed by atoms with Crippen molar-refractivity contribution in [2.45, 2.75) is 0 Å². The smallest absolute Gasteiger partial charge is 0.145 e. The van der Waals surface area contributed by atoms with Crippen LogP contribution in [-0.2, 0) is 0 Å². The van der Waals surface area contributed by atoms with E-state index < -0.39 is 0 Å². The van der Waals surface area contributed by atoms with Crippen molar-refractivity contribution in [3.63, 3.8) is 0 Å². The van der Waals surface area contributed by atoms with E-state index in [-0.39, 0.29) is 0 Å². The molecule has 0 unspecified atom stereocenters. The van der Waals surface area contributed by atoms with Gasteiger partial charge in [0.1, 0.15) is 11.5 Å². The zero-order valence-electron chi connectivity index (χ0n) is 9.96. The predicted molar refractivity (Wildman–Crippen MR) is 72.3 cm³/mol. The van der Waals surface area contributed by atoms with Crippen LogP contribution in [0.25, 0.3) is 22.3 Å². The number of aromatic nitrogens is 3. The van der Waals surface area contributed by atoms with E-state index in [0.29, 0.717) is 0 Å². The Morgan fingerprint density at radius 1 is 0.889 bits per heavy atom. The molecule has 0 radical (unpaired) electrons. The van der Waals surface area contributed by atoms with Crippen LogP contribution in [-0.4, -0.2) is 22.0 Å². The molecule has 4 nitrogen and oxygen atoms in total. The lowest BCUT2D eigenvalue weighted by atomic mass is 10.2. The highest BCUT2D eigenvalue weighted by atomic mass is 15.0. The number of nitrogens with one attached hydrogen (secondary N) is 1. The van der Waals surface area contributed by atoms with Crippen LogP contribution >= 0.6 is 0 Å². The number of fused-ring (bicyclic) bond motifs is 1. The van der Waals surface area contributed by atoms with Crippen molar-refractivity contribution in [1.29, 1.82) is 0 Å². The first-order valence-electron chi connectivity index (χ1n) is 5.73. The predicted octanol–water partition coefficient (Wildman–Crippen LogP) is 2.73. The van der Waals surface area contributed by atoms with Crippen molar-refractivity contribution in [1.82, 2.24) is 15.0 Å². The fraction of sp³-hybridized carbons (Fsp3) is 0.0714. The summed E-state index contributed by atoms with van der Waals surface area (Å²) in [5.41, 5.74) is 2.57. The molecule has 0 aliphatic rings. The Kier molecular flexibility index (Phi) is 2.61. The average Bonchev–Trinajstić information content (AvgIpc) is 2.47. The quantitative estimate of drug-likeness (QED) is 0.743. The number of hydrogen-bond donors (Lipinski definition) is 1. The normalized spacial score (nSPS) is 10.5. The van der Waals surface area contributed by atoms with Crippen LogP contribution in [0.1, 0.15) is 0 Å². The van der Waals surface area contributed by atoms with Gasteiger partial charge in [0.15, 0.2) is 0 Å². The van der Waals surface area contributed by atoms with E-state index in [1.54, 1.807) is 12.4 Å². The lowest BCUT2D eigenvalue weighted by molar-refractivity contribution is 1.17. The second-order valence-corrected chi connectivity index (χ2v) is 3.93. The Hall–Kier alpha value is -2.49. The number of para-hydroxylation sites is 1. The molecule has 88 valence electrons. The van der Waals surface area contributed by atoms with Crippen LogP contribution in [0, 0.1) is 0 Å². The van der Waals surface area contributed by atoms with Crippen LogP contribution in [0.3, 0.4) is 0 Å². The third-order valence-corrected chi connectivity index (χ3v) is 2.75. The number of anilines is 1. The molecule has 0 saturated carbocycles. The fourth-order valence-electron chi connectivity index (χ4n) is 1.82. The molecule has 2 aromatic heterocycles. The molecule has 0 atom stereocenters. The van der Waals surface area contributed by atoms with Crippen LogP contribution < -0.4 is 5.32 Å². The number of pyridine rings is 1. The number of benzene rings is 1. The molecule has 0 spiro atoms. The van der Waals surface area contributed by atoms with Gasteiger partial charge in [-0.1, -0.05) is 24.3 Å². The van der Waals surface area contributed by atoms with Gasteiger partial charge in [0.2, 0.25) is 0 Å². The first-order valence-corrected chi connectivity index (χ1v) is 5.73. The van der Waals surface area contributed by atoms with Gasteiger partial charge < -0.3 is 5.32 Å². The highest BCUT2D eigenvalue weighted by Gasteiger charge is 2.03. The lowest BCUT2D eigenvalue weighted by Crippen LogP contribution is -1.96. The number of rotatable bonds is 2. The number of nitrogens with zero attached hydrogens (tertiary/aromatic N) is 3. The van der Waals surface area contributed by atoms with Crippen LogP contribution in [0.5, 0.6) is 0 Å². The van der Waals surface area contributed by atoms with Gasteiger partial charge in [-0.05, 0) is 12.1 Å². The Morgan fingerprint density at radius 2 is 1.78 bits per heavy atom. The van der Waals surface area contributed by atoms with Crippen molar-refractivity contribution in [2.75, 3.05) is 12.4 Å². The Balaban J connectivity index is 2.13. The van der Waals surface area contributed by atoms with Gasteiger partial charge in [-0.15, -0.1) is 0 Å². The summed E-state index contributed by atoms with van der Waals surface area (Å²) in [7, 11) is 1.82. The largest absolute Gasteiger partial charge is 0.372 e. The van der Waals surface area contributed by atoms with Gasteiger partial charge in [-0.3, -0.25) is 4.98 Å². The van der Waals surface area contributed by atoms with Crippen LogP contribution in [0.4, 0.5) is 5.82 Å². The van der Waals surface area contributed by atoms with Gasteiger partial charge in [0.25, 0.3) is 0 Å². The monoisotopic (exact) mass is 236 g/mol. The third kappa shape index (κ3) is 1.88. The summed E-state index contributed by atoms with van der Waals surface area (Å²) in [6.45, 7) is 0. The van der Waals surface area contributed by atoms with E-state index in [2.05, 4.69) is 20.3 Å². The first kappa shape index (κ1) is 10.7. The molecule has 0 aliphatic heterocycles. The summed E-state index contributed by atoms with van der Waals surface area (Å²) in [4.78, 5) is 13.2. The molecule has 0 amide bonds. The zero-order valence-corrected chi connectivity index (χ0v) is 9.96. The van der Waals surface area contributed by atoms with E-state index in [0.717, 1.165) is 28.1 Å². The van der Waals surface area contributed by atoms with E-state index in [1.165, 1.54) is 0 Å². The Morgan fingerprint density at radius 3 is 2.67 bits per heavy atom. The molecule has 0 saturated heterocycles. The molecule has 3 rings (SSSR count). The van der Waals surface area contributed by atoms with Crippen LogP contribution in [0.15, 0.2) is 48.8 Å². The molecular formula is C14H12N4. The molecule has 1 N–H and O–H groups in total. The summed E-state index contributed by atoms with van der Waals surface area (Å²) in [5.74, 6) is 0.738. The topological polar surface area (TPSA) is 50.7 Å². The summed E-state index contributed by atoms with van der Waals surface area (Å²) in [6.07, 6.45) is 3.41. The van der Waals surface area contributed by atoms with Crippen molar-refractivity contribution < 1.29 is 0 Å². The molecular weight excluding hydrogens is 224 g/mol. The van der Waals surface area contributed by atoms with E-state index in [1.807, 2.05) is 43.4 Å². The van der Waals surface area contributed by atoms with Crippen molar-refractivity contribution in [3.8, 4) is 11.4 Å². The summed E-state index contributed by atoms with van der Waals surface area (Å²) in [5, 5.41) is 4.10. The summed E-state index contributed by atoms with van der Waals surface area (Å²) >= 11 is 0. The minimum Gasteiger partial charge on any atom is -0.372 e. The molecule has 3 aromatic rings. The van der Waals surface area contributed by atoms with Gasteiger partial charge in [0, 0.05) is 12.4 Å².